The molecule has 0 radical (unpaired) electrons. The summed E-state index contributed by atoms with van der Waals surface area (Å²) in [6, 6.07) is 2.57. The van der Waals surface area contributed by atoms with Gasteiger partial charge in [0.05, 0.1) is 17.1 Å². The fourth-order valence-corrected chi connectivity index (χ4v) is 3.19. The molecule has 0 saturated carbocycles. The quantitative estimate of drug-likeness (QED) is 0.748. The lowest BCUT2D eigenvalue weighted by Gasteiger charge is -2.33. The lowest BCUT2D eigenvalue weighted by Crippen LogP contribution is -2.44. The highest BCUT2D eigenvalue weighted by Gasteiger charge is 2.22. The molecule has 21 heavy (non-hydrogen) atoms. The SMILES string of the molecule is CNC1CCCN(c2ncnc3cnc4[nH]ccc4c23)C1. The predicted octanol–water partition coefficient (Wildman–Crippen LogP) is 1.69. The van der Waals surface area contributed by atoms with E-state index < -0.39 is 0 Å². The first-order chi connectivity index (χ1) is 10.4. The lowest BCUT2D eigenvalue weighted by molar-refractivity contribution is 0.448. The average Bonchev–Trinajstić information content (AvgIpc) is 3.03. The van der Waals surface area contributed by atoms with E-state index in [1.807, 2.05) is 19.4 Å². The molecule has 2 N–H and O–H groups in total. The second-order valence-electron chi connectivity index (χ2n) is 5.53. The van der Waals surface area contributed by atoms with Gasteiger partial charge in [-0.15, -0.1) is 0 Å². The van der Waals surface area contributed by atoms with Crippen LogP contribution in [-0.2, 0) is 0 Å². The van der Waals surface area contributed by atoms with Crippen LogP contribution >= 0.6 is 0 Å². The Morgan fingerprint density at radius 3 is 3.19 bits per heavy atom. The van der Waals surface area contributed by atoms with Gasteiger partial charge in [0.25, 0.3) is 0 Å². The van der Waals surface area contributed by atoms with Crippen molar-refractivity contribution in [2.75, 3.05) is 25.0 Å². The number of H-pyrrole nitrogens is 1. The summed E-state index contributed by atoms with van der Waals surface area (Å²) in [6.45, 7) is 2.02. The van der Waals surface area contributed by atoms with E-state index in [-0.39, 0.29) is 0 Å². The van der Waals surface area contributed by atoms with Gasteiger partial charge >= 0.3 is 0 Å². The summed E-state index contributed by atoms with van der Waals surface area (Å²) in [5.74, 6) is 1.02. The van der Waals surface area contributed by atoms with Crippen molar-refractivity contribution in [2.24, 2.45) is 0 Å². The number of pyridine rings is 1. The molecule has 0 aliphatic carbocycles. The Hall–Kier alpha value is -2.21. The predicted molar refractivity (Wildman–Crippen MR) is 83.5 cm³/mol. The molecule has 1 atom stereocenters. The standard InChI is InChI=1S/C15H18N6/c1-16-10-3-2-6-21(8-10)15-13-11-4-5-17-14(11)18-7-12(13)19-9-20-15/h4-5,7,9-10,16H,2-3,6,8H2,1H3,(H,17,18). The summed E-state index contributed by atoms with van der Waals surface area (Å²) >= 11 is 0. The van der Waals surface area contributed by atoms with Crippen LogP contribution in [0.4, 0.5) is 5.82 Å². The number of hydrogen-bond acceptors (Lipinski definition) is 5. The zero-order valence-electron chi connectivity index (χ0n) is 12.0. The third kappa shape index (κ3) is 2.03. The molecule has 1 aliphatic heterocycles. The van der Waals surface area contributed by atoms with Gasteiger partial charge in [0, 0.05) is 30.7 Å². The second kappa shape index (κ2) is 4.96. The van der Waals surface area contributed by atoms with Gasteiger partial charge < -0.3 is 15.2 Å². The molecular formula is C15H18N6. The molecule has 1 saturated heterocycles. The number of nitrogens with zero attached hydrogens (tertiary/aromatic N) is 4. The number of anilines is 1. The van der Waals surface area contributed by atoms with Crippen LogP contribution in [0.1, 0.15) is 12.8 Å². The fraction of sp³-hybridized carbons (Fsp3) is 0.400. The van der Waals surface area contributed by atoms with Gasteiger partial charge in [-0.05, 0) is 26.0 Å². The maximum atomic E-state index is 4.57. The van der Waals surface area contributed by atoms with Crippen molar-refractivity contribution in [2.45, 2.75) is 18.9 Å². The highest BCUT2D eigenvalue weighted by atomic mass is 15.2. The van der Waals surface area contributed by atoms with Crippen LogP contribution in [0.25, 0.3) is 21.9 Å². The smallest absolute Gasteiger partial charge is 0.140 e. The van der Waals surface area contributed by atoms with E-state index in [0.29, 0.717) is 6.04 Å². The van der Waals surface area contributed by atoms with Crippen molar-refractivity contribution in [3.05, 3.63) is 24.8 Å². The molecule has 0 aromatic carbocycles. The molecule has 6 heteroatoms. The van der Waals surface area contributed by atoms with Crippen molar-refractivity contribution in [1.82, 2.24) is 25.3 Å². The van der Waals surface area contributed by atoms with Crippen LogP contribution in [0.15, 0.2) is 24.8 Å². The van der Waals surface area contributed by atoms with E-state index in [1.54, 1.807) is 6.33 Å². The van der Waals surface area contributed by atoms with Gasteiger partial charge in [-0.25, -0.2) is 15.0 Å². The van der Waals surface area contributed by atoms with Gasteiger partial charge in [0.2, 0.25) is 0 Å². The number of hydrogen-bond donors (Lipinski definition) is 2. The van der Waals surface area contributed by atoms with Crippen LogP contribution < -0.4 is 10.2 Å². The van der Waals surface area contributed by atoms with E-state index in [2.05, 4.69) is 36.2 Å². The first-order valence-corrected chi connectivity index (χ1v) is 7.36. The first kappa shape index (κ1) is 12.5. The average molecular weight is 282 g/mol. The maximum Gasteiger partial charge on any atom is 0.140 e. The summed E-state index contributed by atoms with van der Waals surface area (Å²) in [7, 11) is 2.03. The Morgan fingerprint density at radius 1 is 1.33 bits per heavy atom. The lowest BCUT2D eigenvalue weighted by atomic mass is 10.1. The Bertz CT molecular complexity index is 780. The number of nitrogens with one attached hydrogen (secondary N) is 2. The number of fused-ring (bicyclic) bond motifs is 3. The van der Waals surface area contributed by atoms with Crippen LogP contribution in [0.2, 0.25) is 0 Å². The van der Waals surface area contributed by atoms with Crippen LogP contribution in [-0.4, -0.2) is 46.1 Å². The first-order valence-electron chi connectivity index (χ1n) is 7.36. The highest BCUT2D eigenvalue weighted by Crippen LogP contribution is 2.30. The van der Waals surface area contributed by atoms with Gasteiger partial charge in [-0.1, -0.05) is 0 Å². The normalized spacial score (nSPS) is 19.5. The van der Waals surface area contributed by atoms with Crippen molar-refractivity contribution < 1.29 is 0 Å². The number of likely N-dealkylation sites (N-methyl/N-ethyl adjacent to an activating group) is 1. The fourth-order valence-electron chi connectivity index (χ4n) is 3.19. The summed E-state index contributed by atoms with van der Waals surface area (Å²) in [5.41, 5.74) is 1.79. The monoisotopic (exact) mass is 282 g/mol. The van der Waals surface area contributed by atoms with Crippen LogP contribution in [0.5, 0.6) is 0 Å². The molecule has 1 unspecified atom stereocenters. The molecule has 4 heterocycles. The molecule has 0 bridgehead atoms. The van der Waals surface area contributed by atoms with Crippen molar-refractivity contribution in [3.63, 3.8) is 0 Å². The number of rotatable bonds is 2. The zero-order chi connectivity index (χ0) is 14.2. The van der Waals surface area contributed by atoms with Crippen molar-refractivity contribution >= 4 is 27.8 Å². The van der Waals surface area contributed by atoms with E-state index in [1.165, 1.54) is 12.8 Å². The minimum absolute atomic E-state index is 0.521. The van der Waals surface area contributed by atoms with E-state index in [4.69, 9.17) is 0 Å². The highest BCUT2D eigenvalue weighted by molar-refractivity contribution is 6.08. The van der Waals surface area contributed by atoms with Gasteiger partial charge in [0.15, 0.2) is 0 Å². The number of aromatic amines is 1. The van der Waals surface area contributed by atoms with E-state index in [9.17, 15) is 0 Å². The molecule has 1 aliphatic rings. The Balaban J connectivity index is 1.89. The third-order valence-corrected chi connectivity index (χ3v) is 4.30. The largest absolute Gasteiger partial charge is 0.354 e. The minimum atomic E-state index is 0.521. The van der Waals surface area contributed by atoms with E-state index in [0.717, 1.165) is 40.8 Å². The summed E-state index contributed by atoms with van der Waals surface area (Å²) < 4.78 is 0. The Labute approximate surface area is 122 Å². The molecule has 0 amide bonds. The van der Waals surface area contributed by atoms with Gasteiger partial charge in [-0.3, -0.25) is 0 Å². The van der Waals surface area contributed by atoms with Crippen molar-refractivity contribution in [3.8, 4) is 0 Å². The minimum Gasteiger partial charge on any atom is -0.354 e. The van der Waals surface area contributed by atoms with Crippen LogP contribution in [0, 0.1) is 0 Å². The van der Waals surface area contributed by atoms with Gasteiger partial charge in [-0.2, -0.15) is 0 Å². The molecule has 4 rings (SSSR count). The van der Waals surface area contributed by atoms with Crippen LogP contribution in [0.3, 0.4) is 0 Å². The second-order valence-corrected chi connectivity index (χ2v) is 5.53. The Morgan fingerprint density at radius 2 is 2.29 bits per heavy atom. The summed E-state index contributed by atoms with van der Waals surface area (Å²) in [4.78, 5) is 18.9. The molecule has 3 aromatic heterocycles. The third-order valence-electron chi connectivity index (χ3n) is 4.30. The molecule has 3 aromatic rings. The number of piperidine rings is 1. The molecular weight excluding hydrogens is 264 g/mol. The zero-order valence-corrected chi connectivity index (χ0v) is 12.0. The molecule has 1 fully saturated rings. The maximum absolute atomic E-state index is 4.57. The molecule has 0 spiro atoms. The Kier molecular flexibility index (Phi) is 2.96. The number of aromatic nitrogens is 4. The van der Waals surface area contributed by atoms with Crippen molar-refractivity contribution in [1.29, 1.82) is 0 Å². The van der Waals surface area contributed by atoms with Gasteiger partial charge in [0.1, 0.15) is 17.8 Å². The van der Waals surface area contributed by atoms with E-state index >= 15 is 0 Å². The summed E-state index contributed by atoms with van der Waals surface area (Å²) in [5, 5.41) is 5.57. The summed E-state index contributed by atoms with van der Waals surface area (Å²) in [6.07, 6.45) is 7.77. The molecule has 108 valence electrons. The topological polar surface area (TPSA) is 69.7 Å². The molecule has 6 nitrogen and oxygen atoms in total.